The van der Waals surface area contributed by atoms with Gasteiger partial charge in [-0.15, -0.1) is 0 Å². The standard InChI is InChI=1S/C30H41FN4O/c1-6-9-19-35-29(16-13-23-11-14-24(15-12-23)22(4)5)33-27-21-28(26(31)20-25(27)30(35)36)32-17-10-18-34(7-2)8-3/h11-16,20-22,32H,6-10,17-19H2,1-5H3/b16-13+. The van der Waals surface area contributed by atoms with E-state index in [0.717, 1.165) is 44.5 Å². The van der Waals surface area contributed by atoms with E-state index in [2.05, 4.69) is 69.1 Å². The summed E-state index contributed by atoms with van der Waals surface area (Å²) in [6, 6.07) is 11.4. The maximum absolute atomic E-state index is 14.9. The molecule has 36 heavy (non-hydrogen) atoms. The van der Waals surface area contributed by atoms with Gasteiger partial charge in [0.2, 0.25) is 0 Å². The quantitative estimate of drug-likeness (QED) is 0.267. The van der Waals surface area contributed by atoms with Crippen LogP contribution in [0.3, 0.4) is 0 Å². The number of halogens is 1. The van der Waals surface area contributed by atoms with E-state index in [1.807, 2.05) is 12.2 Å². The first-order chi connectivity index (χ1) is 17.4. The molecule has 194 valence electrons. The van der Waals surface area contributed by atoms with E-state index in [-0.39, 0.29) is 5.56 Å². The smallest absolute Gasteiger partial charge is 0.261 e. The summed E-state index contributed by atoms with van der Waals surface area (Å²) in [6.45, 7) is 14.9. The summed E-state index contributed by atoms with van der Waals surface area (Å²) < 4.78 is 16.6. The molecule has 0 saturated heterocycles. The number of anilines is 1. The van der Waals surface area contributed by atoms with Crippen LogP contribution in [0.1, 0.15) is 76.8 Å². The van der Waals surface area contributed by atoms with Gasteiger partial charge in [-0.2, -0.15) is 0 Å². The van der Waals surface area contributed by atoms with Crippen molar-refractivity contribution in [3.05, 3.63) is 69.5 Å². The third kappa shape index (κ3) is 7.03. The summed E-state index contributed by atoms with van der Waals surface area (Å²) >= 11 is 0. The number of fused-ring (bicyclic) bond motifs is 1. The Morgan fingerprint density at radius 2 is 1.78 bits per heavy atom. The zero-order valence-electron chi connectivity index (χ0n) is 22.5. The normalized spacial score (nSPS) is 11.9. The second kappa shape index (κ2) is 13.4. The molecule has 1 heterocycles. The van der Waals surface area contributed by atoms with Gasteiger partial charge in [0.15, 0.2) is 0 Å². The molecule has 1 aromatic heterocycles. The number of unbranched alkanes of at least 4 members (excludes halogenated alkanes) is 1. The van der Waals surface area contributed by atoms with E-state index in [1.165, 1.54) is 11.6 Å². The fourth-order valence-electron chi connectivity index (χ4n) is 4.28. The Morgan fingerprint density at radius 1 is 1.06 bits per heavy atom. The molecule has 1 N–H and O–H groups in total. The van der Waals surface area contributed by atoms with Crippen LogP contribution >= 0.6 is 0 Å². The van der Waals surface area contributed by atoms with Crippen LogP contribution in [0.15, 0.2) is 41.2 Å². The van der Waals surface area contributed by atoms with Gasteiger partial charge in [-0.1, -0.05) is 71.4 Å². The zero-order chi connectivity index (χ0) is 26.1. The topological polar surface area (TPSA) is 50.2 Å². The lowest BCUT2D eigenvalue weighted by Crippen LogP contribution is -2.25. The predicted molar refractivity (Wildman–Crippen MR) is 151 cm³/mol. The van der Waals surface area contributed by atoms with Crippen molar-refractivity contribution in [3.8, 4) is 0 Å². The van der Waals surface area contributed by atoms with Crippen molar-refractivity contribution >= 4 is 28.7 Å². The number of benzene rings is 2. The van der Waals surface area contributed by atoms with Gasteiger partial charge in [0.1, 0.15) is 11.6 Å². The van der Waals surface area contributed by atoms with Gasteiger partial charge in [0.05, 0.1) is 16.6 Å². The highest BCUT2D eigenvalue weighted by Gasteiger charge is 2.13. The molecule has 0 unspecified atom stereocenters. The second-order valence-corrected chi connectivity index (χ2v) is 9.59. The molecule has 0 aliphatic rings. The number of hydrogen-bond donors (Lipinski definition) is 1. The Morgan fingerprint density at radius 3 is 2.42 bits per heavy atom. The summed E-state index contributed by atoms with van der Waals surface area (Å²) in [7, 11) is 0. The van der Waals surface area contributed by atoms with Crippen molar-refractivity contribution in [1.29, 1.82) is 0 Å². The van der Waals surface area contributed by atoms with Crippen LogP contribution in [-0.4, -0.2) is 40.6 Å². The van der Waals surface area contributed by atoms with Crippen molar-refractivity contribution in [2.24, 2.45) is 0 Å². The van der Waals surface area contributed by atoms with E-state index >= 15 is 0 Å². The van der Waals surface area contributed by atoms with Gasteiger partial charge in [-0.3, -0.25) is 9.36 Å². The van der Waals surface area contributed by atoms with Crippen LogP contribution < -0.4 is 10.9 Å². The third-order valence-corrected chi connectivity index (χ3v) is 6.70. The molecule has 3 rings (SSSR count). The molecule has 2 aromatic carbocycles. The van der Waals surface area contributed by atoms with Crippen LogP contribution in [0.4, 0.5) is 10.1 Å². The van der Waals surface area contributed by atoms with Crippen molar-refractivity contribution in [2.75, 3.05) is 31.5 Å². The van der Waals surface area contributed by atoms with E-state index in [1.54, 1.807) is 10.6 Å². The number of aromatic nitrogens is 2. The largest absolute Gasteiger partial charge is 0.383 e. The molecule has 3 aromatic rings. The fraction of sp³-hybridized carbons (Fsp3) is 0.467. The summed E-state index contributed by atoms with van der Waals surface area (Å²) in [5.74, 6) is 0.651. The lowest BCUT2D eigenvalue weighted by atomic mass is 10.0. The zero-order valence-corrected chi connectivity index (χ0v) is 22.5. The molecule has 0 aliphatic carbocycles. The molecule has 0 spiro atoms. The average Bonchev–Trinajstić information content (AvgIpc) is 2.88. The van der Waals surface area contributed by atoms with Gasteiger partial charge >= 0.3 is 0 Å². The Labute approximate surface area is 215 Å². The number of nitrogens with zero attached hydrogens (tertiary/aromatic N) is 3. The minimum absolute atomic E-state index is 0.199. The average molecular weight is 493 g/mol. The van der Waals surface area contributed by atoms with Crippen LogP contribution in [0, 0.1) is 5.82 Å². The highest BCUT2D eigenvalue weighted by molar-refractivity contribution is 5.83. The minimum Gasteiger partial charge on any atom is -0.383 e. The maximum atomic E-state index is 14.9. The van der Waals surface area contributed by atoms with Gasteiger partial charge in [-0.05, 0) is 67.7 Å². The molecule has 0 atom stereocenters. The van der Waals surface area contributed by atoms with E-state index in [4.69, 9.17) is 4.98 Å². The van der Waals surface area contributed by atoms with Crippen LogP contribution in [0.5, 0.6) is 0 Å². The molecule has 0 fully saturated rings. The fourth-order valence-corrected chi connectivity index (χ4v) is 4.28. The number of rotatable bonds is 13. The number of hydrogen-bond acceptors (Lipinski definition) is 4. The van der Waals surface area contributed by atoms with Crippen molar-refractivity contribution in [2.45, 2.75) is 66.3 Å². The minimum atomic E-state index is -0.417. The van der Waals surface area contributed by atoms with Crippen LogP contribution in [0.2, 0.25) is 0 Å². The van der Waals surface area contributed by atoms with Gasteiger partial charge in [0.25, 0.3) is 5.56 Å². The van der Waals surface area contributed by atoms with Crippen LogP contribution in [0.25, 0.3) is 23.1 Å². The molecular weight excluding hydrogens is 451 g/mol. The lowest BCUT2D eigenvalue weighted by Gasteiger charge is -2.18. The van der Waals surface area contributed by atoms with Gasteiger partial charge in [-0.25, -0.2) is 9.37 Å². The van der Waals surface area contributed by atoms with Crippen LogP contribution in [-0.2, 0) is 6.54 Å². The molecule has 0 bridgehead atoms. The lowest BCUT2D eigenvalue weighted by molar-refractivity contribution is 0.303. The summed E-state index contributed by atoms with van der Waals surface area (Å²) in [5, 5.41) is 3.52. The summed E-state index contributed by atoms with van der Waals surface area (Å²) in [5.41, 5.74) is 3.03. The molecule has 0 saturated carbocycles. The van der Waals surface area contributed by atoms with Crippen molar-refractivity contribution < 1.29 is 4.39 Å². The van der Waals surface area contributed by atoms with E-state index < -0.39 is 5.82 Å². The summed E-state index contributed by atoms with van der Waals surface area (Å²) in [4.78, 5) is 20.5. The predicted octanol–water partition coefficient (Wildman–Crippen LogP) is 6.77. The first kappa shape index (κ1) is 27.6. The third-order valence-electron chi connectivity index (χ3n) is 6.70. The maximum Gasteiger partial charge on any atom is 0.261 e. The monoisotopic (exact) mass is 492 g/mol. The SMILES string of the molecule is CCCCn1c(/C=C/c2ccc(C(C)C)cc2)nc2cc(NCCCN(CC)CC)c(F)cc2c1=O. The second-order valence-electron chi connectivity index (χ2n) is 9.59. The first-order valence-electron chi connectivity index (χ1n) is 13.4. The highest BCUT2D eigenvalue weighted by atomic mass is 19.1. The Bertz CT molecular complexity index is 1210. The molecular formula is C30H41FN4O. The van der Waals surface area contributed by atoms with Gasteiger partial charge < -0.3 is 10.2 Å². The molecule has 6 heteroatoms. The van der Waals surface area contributed by atoms with E-state index in [0.29, 0.717) is 41.4 Å². The van der Waals surface area contributed by atoms with E-state index in [9.17, 15) is 9.18 Å². The van der Waals surface area contributed by atoms with Crippen molar-refractivity contribution in [1.82, 2.24) is 14.5 Å². The Hall–Kier alpha value is -2.99. The number of nitrogens with one attached hydrogen (secondary N) is 1. The van der Waals surface area contributed by atoms with Crippen molar-refractivity contribution in [3.63, 3.8) is 0 Å². The summed E-state index contributed by atoms with van der Waals surface area (Å²) in [6.07, 6.45) is 6.59. The molecule has 0 radical (unpaired) electrons. The Balaban J connectivity index is 1.91. The Kier molecular flexibility index (Phi) is 10.2. The molecule has 0 amide bonds. The molecule has 5 nitrogen and oxygen atoms in total. The van der Waals surface area contributed by atoms with Gasteiger partial charge in [0, 0.05) is 13.1 Å². The first-order valence-corrected chi connectivity index (χ1v) is 13.4. The highest BCUT2D eigenvalue weighted by Crippen LogP contribution is 2.21. The molecule has 0 aliphatic heterocycles.